The standard InChI is InChI=1S/C25H25FN6O2/c26-20-12-17(4-3-16(20)13-27)32-8-6-31(7-9-32)14-15-10-19(24(28)33)22-21(11-15)30-25(34)18-2-1-5-29-23(18)22/h3-4,10-12,29H,1-2,5-9,14H2,(H2,28,33)(H,30,34). The Labute approximate surface area is 195 Å². The van der Waals surface area contributed by atoms with Gasteiger partial charge in [-0.25, -0.2) is 4.39 Å². The number of halogens is 1. The molecule has 2 aliphatic rings. The summed E-state index contributed by atoms with van der Waals surface area (Å²) in [4.78, 5) is 32.2. The molecule has 2 aromatic carbocycles. The Morgan fingerprint density at radius 1 is 1.18 bits per heavy atom. The van der Waals surface area contributed by atoms with Crippen LogP contribution in [0.5, 0.6) is 0 Å². The Bertz CT molecular complexity index is 1380. The number of anilines is 2. The minimum absolute atomic E-state index is 0.0402. The first-order valence-electron chi connectivity index (χ1n) is 11.4. The average Bonchev–Trinajstić information content (AvgIpc) is 2.84. The number of fused-ring (bicyclic) bond motifs is 3. The molecule has 1 saturated heterocycles. The zero-order chi connectivity index (χ0) is 23.8. The van der Waals surface area contributed by atoms with Crippen LogP contribution in [0.1, 0.15) is 33.5 Å². The highest BCUT2D eigenvalue weighted by Gasteiger charge is 2.23. The molecule has 1 fully saturated rings. The molecule has 9 heteroatoms. The fourth-order valence-electron chi connectivity index (χ4n) is 4.94. The van der Waals surface area contributed by atoms with Gasteiger partial charge in [-0.2, -0.15) is 5.26 Å². The molecular weight excluding hydrogens is 435 g/mol. The monoisotopic (exact) mass is 460 g/mol. The van der Waals surface area contributed by atoms with Crippen molar-refractivity contribution < 1.29 is 9.18 Å². The van der Waals surface area contributed by atoms with Gasteiger partial charge < -0.3 is 20.9 Å². The van der Waals surface area contributed by atoms with Crippen LogP contribution >= 0.6 is 0 Å². The van der Waals surface area contributed by atoms with Gasteiger partial charge in [-0.3, -0.25) is 14.5 Å². The number of pyridine rings is 1. The lowest BCUT2D eigenvalue weighted by molar-refractivity contribution is 0.100. The highest BCUT2D eigenvalue weighted by Crippen LogP contribution is 2.31. The van der Waals surface area contributed by atoms with Gasteiger partial charge in [0.15, 0.2) is 0 Å². The molecule has 3 heterocycles. The summed E-state index contributed by atoms with van der Waals surface area (Å²) in [6.45, 7) is 4.24. The van der Waals surface area contributed by atoms with Crippen molar-refractivity contribution >= 4 is 28.2 Å². The second-order valence-corrected chi connectivity index (χ2v) is 8.81. The third kappa shape index (κ3) is 3.97. The van der Waals surface area contributed by atoms with Crippen LogP contribution in [-0.2, 0) is 13.0 Å². The van der Waals surface area contributed by atoms with Crippen molar-refractivity contribution in [3.8, 4) is 6.07 Å². The van der Waals surface area contributed by atoms with Gasteiger partial charge in [-0.1, -0.05) is 0 Å². The van der Waals surface area contributed by atoms with Crippen LogP contribution in [0.25, 0.3) is 10.9 Å². The van der Waals surface area contributed by atoms with E-state index >= 15 is 0 Å². The Kier molecular flexibility index (Phi) is 5.67. The van der Waals surface area contributed by atoms with E-state index < -0.39 is 11.7 Å². The fraction of sp³-hybridized carbons (Fsp3) is 0.320. The molecule has 5 rings (SSSR count). The van der Waals surface area contributed by atoms with Gasteiger partial charge >= 0.3 is 0 Å². The SMILES string of the molecule is N#Cc1ccc(N2CCN(Cc3cc(C(N)=O)c4c5c(c(=O)[nH]c4c3)CCCN5)CC2)cc1F. The molecule has 0 aliphatic carbocycles. The van der Waals surface area contributed by atoms with Gasteiger partial charge in [-0.15, -0.1) is 0 Å². The van der Waals surface area contributed by atoms with Gasteiger partial charge in [0.1, 0.15) is 11.9 Å². The number of nitrogens with two attached hydrogens (primary N) is 1. The minimum Gasteiger partial charge on any atom is -0.384 e. The number of piperazine rings is 1. The minimum atomic E-state index is -0.527. The lowest BCUT2D eigenvalue weighted by Crippen LogP contribution is -2.46. The smallest absolute Gasteiger partial charge is 0.253 e. The summed E-state index contributed by atoms with van der Waals surface area (Å²) in [5.74, 6) is -1.04. The number of nitrogens with one attached hydrogen (secondary N) is 2. The van der Waals surface area contributed by atoms with E-state index in [0.717, 1.165) is 37.3 Å². The highest BCUT2D eigenvalue weighted by molar-refractivity contribution is 6.11. The van der Waals surface area contributed by atoms with Crippen LogP contribution in [-0.4, -0.2) is 48.5 Å². The quantitative estimate of drug-likeness (QED) is 0.550. The molecule has 34 heavy (non-hydrogen) atoms. The van der Waals surface area contributed by atoms with Crippen LogP contribution in [0.2, 0.25) is 0 Å². The number of rotatable bonds is 4. The molecule has 0 bridgehead atoms. The van der Waals surface area contributed by atoms with Crippen LogP contribution in [0.3, 0.4) is 0 Å². The van der Waals surface area contributed by atoms with Crippen molar-refractivity contribution in [3.63, 3.8) is 0 Å². The van der Waals surface area contributed by atoms with Crippen LogP contribution in [0.15, 0.2) is 35.1 Å². The van der Waals surface area contributed by atoms with E-state index in [4.69, 9.17) is 11.0 Å². The lowest BCUT2D eigenvalue weighted by Gasteiger charge is -2.36. The molecule has 0 atom stereocenters. The van der Waals surface area contributed by atoms with Crippen LogP contribution in [0.4, 0.5) is 15.8 Å². The molecular formula is C25H25FN6O2. The number of nitrogens with zero attached hydrogens (tertiary/aromatic N) is 3. The number of carbonyl (C=O) groups is 1. The van der Waals surface area contributed by atoms with Gasteiger partial charge in [0.05, 0.1) is 22.3 Å². The number of primary amides is 1. The average molecular weight is 461 g/mol. The van der Waals surface area contributed by atoms with Crippen molar-refractivity contribution in [1.82, 2.24) is 9.88 Å². The van der Waals surface area contributed by atoms with Gasteiger partial charge in [-0.05, 0) is 48.7 Å². The van der Waals surface area contributed by atoms with E-state index in [0.29, 0.717) is 53.8 Å². The predicted octanol–water partition coefficient (Wildman–Crippen LogP) is 2.32. The Morgan fingerprint density at radius 3 is 2.68 bits per heavy atom. The second kappa shape index (κ2) is 8.80. The van der Waals surface area contributed by atoms with Crippen LogP contribution in [0, 0.1) is 17.1 Å². The third-order valence-electron chi connectivity index (χ3n) is 6.66. The number of aromatic amines is 1. The summed E-state index contributed by atoms with van der Waals surface area (Å²) in [5.41, 5.74) is 9.69. The number of hydrogen-bond acceptors (Lipinski definition) is 6. The van der Waals surface area contributed by atoms with E-state index in [1.807, 2.05) is 18.2 Å². The van der Waals surface area contributed by atoms with Crippen molar-refractivity contribution in [2.75, 3.05) is 42.9 Å². The maximum atomic E-state index is 14.0. The first-order chi connectivity index (χ1) is 16.4. The lowest BCUT2D eigenvalue weighted by atomic mass is 9.96. The van der Waals surface area contributed by atoms with E-state index in [2.05, 4.69) is 20.1 Å². The molecule has 1 aromatic heterocycles. The number of aromatic nitrogens is 1. The van der Waals surface area contributed by atoms with Gasteiger partial charge in [0.25, 0.3) is 5.56 Å². The van der Waals surface area contributed by atoms with Crippen molar-refractivity contribution in [1.29, 1.82) is 5.26 Å². The van der Waals surface area contributed by atoms with Gasteiger partial charge in [0, 0.05) is 55.9 Å². The number of H-pyrrole nitrogens is 1. The number of benzene rings is 2. The normalized spacial score (nSPS) is 16.1. The summed E-state index contributed by atoms with van der Waals surface area (Å²) in [7, 11) is 0. The number of hydrogen-bond donors (Lipinski definition) is 3. The molecule has 3 aromatic rings. The topological polar surface area (TPSA) is 118 Å². The molecule has 1 amide bonds. The third-order valence-corrected chi connectivity index (χ3v) is 6.66. The zero-order valence-corrected chi connectivity index (χ0v) is 18.7. The Morgan fingerprint density at radius 2 is 1.97 bits per heavy atom. The predicted molar refractivity (Wildman–Crippen MR) is 129 cm³/mol. The number of amides is 1. The Balaban J connectivity index is 1.38. The summed E-state index contributed by atoms with van der Waals surface area (Å²) >= 11 is 0. The van der Waals surface area contributed by atoms with Crippen LogP contribution < -0.4 is 21.5 Å². The molecule has 8 nitrogen and oxygen atoms in total. The summed E-state index contributed by atoms with van der Waals surface area (Å²) in [6, 6.07) is 10.3. The summed E-state index contributed by atoms with van der Waals surface area (Å²) in [5, 5.41) is 12.9. The summed E-state index contributed by atoms with van der Waals surface area (Å²) < 4.78 is 14.0. The van der Waals surface area contributed by atoms with Crippen molar-refractivity contribution in [3.05, 3.63) is 68.8 Å². The molecule has 0 unspecified atom stereocenters. The molecule has 0 radical (unpaired) electrons. The summed E-state index contributed by atoms with van der Waals surface area (Å²) in [6.07, 6.45) is 1.54. The molecule has 0 saturated carbocycles. The van der Waals surface area contributed by atoms with E-state index in [-0.39, 0.29) is 11.1 Å². The highest BCUT2D eigenvalue weighted by atomic mass is 19.1. The maximum Gasteiger partial charge on any atom is 0.253 e. The second-order valence-electron chi connectivity index (χ2n) is 8.81. The van der Waals surface area contributed by atoms with E-state index in [1.54, 1.807) is 6.07 Å². The van der Waals surface area contributed by atoms with E-state index in [1.165, 1.54) is 12.1 Å². The molecule has 4 N–H and O–H groups in total. The maximum absolute atomic E-state index is 14.0. The first-order valence-corrected chi connectivity index (χ1v) is 11.4. The van der Waals surface area contributed by atoms with Crippen molar-refractivity contribution in [2.24, 2.45) is 5.73 Å². The van der Waals surface area contributed by atoms with Gasteiger partial charge in [0.2, 0.25) is 5.91 Å². The van der Waals surface area contributed by atoms with E-state index in [9.17, 15) is 14.0 Å². The molecule has 2 aliphatic heterocycles. The fourth-order valence-corrected chi connectivity index (χ4v) is 4.94. The molecule has 0 spiro atoms. The van der Waals surface area contributed by atoms with Crippen molar-refractivity contribution in [2.45, 2.75) is 19.4 Å². The first kappa shape index (κ1) is 21.9. The molecule has 174 valence electrons. The number of nitriles is 1. The zero-order valence-electron chi connectivity index (χ0n) is 18.7. The largest absolute Gasteiger partial charge is 0.384 e. The Hall–Kier alpha value is -3.90. The number of carbonyl (C=O) groups excluding carboxylic acids is 1.